The number of phenolic OH excluding ortho intramolecular Hbond substituents is 1. The molecule has 5 heteroatoms. The molecule has 2 aliphatic rings. The molecule has 2 fully saturated rings. The van der Waals surface area contributed by atoms with Crippen LogP contribution in [0, 0.1) is 11.8 Å². The molecule has 4 rings (SSSR count). The lowest BCUT2D eigenvalue weighted by Gasteiger charge is -2.20. The van der Waals surface area contributed by atoms with Crippen LogP contribution in [0.1, 0.15) is 0 Å². The van der Waals surface area contributed by atoms with Crippen LogP contribution in [0.2, 0.25) is 0 Å². The largest absolute Gasteiger partial charge is 0.507 e. The van der Waals surface area contributed by atoms with Crippen LogP contribution in [0.5, 0.6) is 5.75 Å². The average Bonchev–Trinajstić information content (AvgIpc) is 3.09. The van der Waals surface area contributed by atoms with Crippen LogP contribution in [0.3, 0.4) is 0 Å². The highest BCUT2D eigenvalue weighted by Crippen LogP contribution is 2.36. The van der Waals surface area contributed by atoms with E-state index in [0.29, 0.717) is 5.75 Å². The molecule has 124 valence electrons. The van der Waals surface area contributed by atoms with Gasteiger partial charge in [-0.2, -0.15) is 0 Å². The summed E-state index contributed by atoms with van der Waals surface area (Å²) in [7, 11) is 0. The number of rotatable bonds is 2. The van der Waals surface area contributed by atoms with E-state index in [-0.39, 0.29) is 34.0 Å². The third-order valence-electron chi connectivity index (χ3n) is 4.82. The van der Waals surface area contributed by atoms with E-state index < -0.39 is 0 Å². The molecule has 0 aromatic heterocycles. The van der Waals surface area contributed by atoms with Crippen molar-refractivity contribution in [3.63, 3.8) is 0 Å². The van der Waals surface area contributed by atoms with E-state index in [4.69, 9.17) is 0 Å². The molecular weight excluding hydrogens is 420 g/mol. The monoisotopic (exact) mass is 440 g/mol. The van der Waals surface area contributed by atoms with Crippen molar-refractivity contribution in [2.45, 2.75) is 0 Å². The average molecular weight is 442 g/mol. The van der Waals surface area contributed by atoms with Gasteiger partial charge in [-0.05, 0) is 29.5 Å². The van der Waals surface area contributed by atoms with Crippen molar-refractivity contribution in [1.29, 1.82) is 0 Å². The molecule has 2 unspecified atom stereocenters. The highest BCUT2D eigenvalue weighted by molar-refractivity contribution is 8.93. The summed E-state index contributed by atoms with van der Waals surface area (Å²) in [5.41, 5.74) is 3.10. The minimum atomic E-state index is 0. The van der Waals surface area contributed by atoms with E-state index in [0.717, 1.165) is 54.8 Å². The molecular formula is C18H22Br2N2O. The van der Waals surface area contributed by atoms with Crippen LogP contribution >= 0.6 is 34.0 Å². The number of anilines is 1. The Hall–Kier alpha value is -1.04. The summed E-state index contributed by atoms with van der Waals surface area (Å²) in [5.74, 6) is 1.90. The Kier molecular flexibility index (Phi) is 6.12. The van der Waals surface area contributed by atoms with Crippen molar-refractivity contribution >= 4 is 39.7 Å². The molecule has 0 aliphatic carbocycles. The SMILES string of the molecule is Br.Br.Oc1cc(N2CC3CNCC3C2)ccc1-c1ccccc1. The number of nitrogens with zero attached hydrogens (tertiary/aromatic N) is 1. The quantitative estimate of drug-likeness (QED) is 0.742. The van der Waals surface area contributed by atoms with E-state index in [1.807, 2.05) is 42.5 Å². The van der Waals surface area contributed by atoms with Gasteiger partial charge in [-0.15, -0.1) is 34.0 Å². The molecule has 0 spiro atoms. The molecule has 0 radical (unpaired) electrons. The fourth-order valence-electron chi connectivity index (χ4n) is 3.64. The van der Waals surface area contributed by atoms with E-state index >= 15 is 0 Å². The van der Waals surface area contributed by atoms with Gasteiger partial charge in [0.25, 0.3) is 0 Å². The fourth-order valence-corrected chi connectivity index (χ4v) is 3.64. The number of halogens is 2. The summed E-state index contributed by atoms with van der Waals surface area (Å²) in [4.78, 5) is 2.41. The molecule has 0 bridgehead atoms. The first-order valence-corrected chi connectivity index (χ1v) is 7.65. The second kappa shape index (κ2) is 7.69. The predicted octanol–water partition coefficient (Wildman–Crippen LogP) is 3.87. The van der Waals surface area contributed by atoms with Crippen molar-refractivity contribution in [3.8, 4) is 16.9 Å². The van der Waals surface area contributed by atoms with E-state index in [1.165, 1.54) is 0 Å². The van der Waals surface area contributed by atoms with E-state index in [9.17, 15) is 5.11 Å². The number of benzene rings is 2. The number of nitrogens with one attached hydrogen (secondary N) is 1. The number of phenols is 1. The second-order valence-electron chi connectivity index (χ2n) is 6.15. The Balaban J connectivity index is 0.000000960. The third kappa shape index (κ3) is 3.57. The van der Waals surface area contributed by atoms with Crippen molar-refractivity contribution in [3.05, 3.63) is 48.5 Å². The van der Waals surface area contributed by atoms with Gasteiger partial charge in [0.1, 0.15) is 5.75 Å². The number of fused-ring (bicyclic) bond motifs is 1. The third-order valence-corrected chi connectivity index (χ3v) is 4.82. The molecule has 2 N–H and O–H groups in total. The molecule has 3 nitrogen and oxygen atoms in total. The Bertz CT molecular complexity index is 639. The van der Waals surface area contributed by atoms with Crippen LogP contribution in [0.15, 0.2) is 48.5 Å². The van der Waals surface area contributed by atoms with Crippen LogP contribution in [-0.2, 0) is 0 Å². The normalized spacial score (nSPS) is 22.2. The summed E-state index contributed by atoms with van der Waals surface area (Å²) in [5, 5.41) is 13.8. The summed E-state index contributed by atoms with van der Waals surface area (Å²) in [6, 6.07) is 16.1. The number of hydrogen-bond donors (Lipinski definition) is 2. The highest BCUT2D eigenvalue weighted by Gasteiger charge is 2.36. The molecule has 2 aromatic carbocycles. The Morgan fingerprint density at radius 1 is 0.913 bits per heavy atom. The van der Waals surface area contributed by atoms with Gasteiger partial charge in [-0.25, -0.2) is 0 Å². The lowest BCUT2D eigenvalue weighted by molar-refractivity contribution is 0.477. The lowest BCUT2D eigenvalue weighted by atomic mass is 10.0. The van der Waals surface area contributed by atoms with Crippen LogP contribution in [0.25, 0.3) is 11.1 Å². The molecule has 2 saturated heterocycles. The molecule has 2 aliphatic heterocycles. The maximum atomic E-state index is 10.4. The zero-order valence-corrected chi connectivity index (χ0v) is 16.2. The Morgan fingerprint density at radius 3 is 2.17 bits per heavy atom. The maximum absolute atomic E-state index is 10.4. The smallest absolute Gasteiger partial charge is 0.125 e. The summed E-state index contributed by atoms with van der Waals surface area (Å²) >= 11 is 0. The summed E-state index contributed by atoms with van der Waals surface area (Å²) < 4.78 is 0. The Morgan fingerprint density at radius 2 is 1.57 bits per heavy atom. The van der Waals surface area contributed by atoms with Crippen LogP contribution in [-0.4, -0.2) is 31.3 Å². The summed E-state index contributed by atoms with van der Waals surface area (Å²) in [6.45, 7) is 4.47. The number of aromatic hydroxyl groups is 1. The van der Waals surface area contributed by atoms with Gasteiger partial charge in [-0.3, -0.25) is 0 Å². The molecule has 0 saturated carbocycles. The van der Waals surface area contributed by atoms with Gasteiger partial charge < -0.3 is 15.3 Å². The van der Waals surface area contributed by atoms with Crippen molar-refractivity contribution < 1.29 is 5.11 Å². The Labute approximate surface area is 158 Å². The van der Waals surface area contributed by atoms with Gasteiger partial charge in [0.15, 0.2) is 0 Å². The summed E-state index contributed by atoms with van der Waals surface area (Å²) in [6.07, 6.45) is 0. The van der Waals surface area contributed by atoms with E-state index in [2.05, 4.69) is 16.3 Å². The molecule has 23 heavy (non-hydrogen) atoms. The van der Waals surface area contributed by atoms with Gasteiger partial charge >= 0.3 is 0 Å². The minimum absolute atomic E-state index is 0. The first-order valence-electron chi connectivity index (χ1n) is 7.65. The zero-order chi connectivity index (χ0) is 14.2. The van der Waals surface area contributed by atoms with Gasteiger partial charge in [0, 0.05) is 43.5 Å². The first-order chi connectivity index (χ1) is 10.3. The van der Waals surface area contributed by atoms with Crippen molar-refractivity contribution in [2.24, 2.45) is 11.8 Å². The van der Waals surface area contributed by atoms with Crippen LogP contribution < -0.4 is 10.2 Å². The topological polar surface area (TPSA) is 35.5 Å². The second-order valence-corrected chi connectivity index (χ2v) is 6.15. The van der Waals surface area contributed by atoms with Gasteiger partial charge in [0.05, 0.1) is 0 Å². The molecule has 2 aromatic rings. The lowest BCUT2D eigenvalue weighted by Crippen LogP contribution is -2.25. The maximum Gasteiger partial charge on any atom is 0.125 e. The van der Waals surface area contributed by atoms with E-state index in [1.54, 1.807) is 0 Å². The molecule has 2 atom stereocenters. The van der Waals surface area contributed by atoms with Crippen LogP contribution in [0.4, 0.5) is 5.69 Å². The molecule has 0 amide bonds. The first kappa shape index (κ1) is 18.3. The highest BCUT2D eigenvalue weighted by atomic mass is 79.9. The van der Waals surface area contributed by atoms with Gasteiger partial charge in [-0.1, -0.05) is 30.3 Å². The van der Waals surface area contributed by atoms with Crippen molar-refractivity contribution in [1.82, 2.24) is 5.32 Å². The minimum Gasteiger partial charge on any atom is -0.507 e. The predicted molar refractivity (Wildman–Crippen MR) is 106 cm³/mol. The molecule has 2 heterocycles. The number of hydrogen-bond acceptors (Lipinski definition) is 3. The standard InChI is InChI=1S/C18H20N2O.2BrH/c21-18-8-16(20-11-14-9-19-10-15(14)12-20)6-7-17(18)13-4-2-1-3-5-13;;/h1-8,14-15,19,21H,9-12H2;2*1H. The van der Waals surface area contributed by atoms with Gasteiger partial charge in [0.2, 0.25) is 0 Å². The fraction of sp³-hybridized carbons (Fsp3) is 0.333. The zero-order valence-electron chi connectivity index (χ0n) is 12.8. The van der Waals surface area contributed by atoms with Crippen molar-refractivity contribution in [2.75, 3.05) is 31.1 Å².